The largest absolute Gasteiger partial charge is 0.350 e. The zero-order chi connectivity index (χ0) is 12.8. The van der Waals surface area contributed by atoms with E-state index in [-0.39, 0.29) is 11.9 Å². The summed E-state index contributed by atoms with van der Waals surface area (Å²) in [6.45, 7) is 1.69. The van der Waals surface area contributed by atoms with Gasteiger partial charge in [-0.05, 0) is 57.7 Å². The molecule has 1 atom stereocenters. The van der Waals surface area contributed by atoms with Crippen molar-refractivity contribution in [3.05, 3.63) is 0 Å². The van der Waals surface area contributed by atoms with Gasteiger partial charge in [0.25, 0.3) is 5.91 Å². The number of amides is 1. The van der Waals surface area contributed by atoms with Crippen LogP contribution < -0.4 is 5.32 Å². The van der Waals surface area contributed by atoms with E-state index < -0.39 is 0 Å². The highest BCUT2D eigenvalue weighted by Crippen LogP contribution is 2.12. The highest BCUT2D eigenvalue weighted by Gasteiger charge is 2.34. The summed E-state index contributed by atoms with van der Waals surface area (Å²) in [7, 11) is 4.06. The molecule has 0 bridgehead atoms. The Balaban J connectivity index is 2.39. The summed E-state index contributed by atoms with van der Waals surface area (Å²) in [5.41, 5.74) is 0. The molecule has 1 heterocycles. The van der Waals surface area contributed by atoms with Crippen LogP contribution in [0.25, 0.3) is 0 Å². The molecular formula is C11H21N3OS2. The molecule has 1 fully saturated rings. The minimum absolute atomic E-state index is 0.102. The molecule has 1 aliphatic heterocycles. The highest BCUT2D eigenvalue weighted by atomic mass is 32.2. The van der Waals surface area contributed by atoms with Gasteiger partial charge in [0.15, 0.2) is 5.11 Å². The van der Waals surface area contributed by atoms with E-state index in [2.05, 4.69) is 10.2 Å². The molecule has 1 aliphatic rings. The van der Waals surface area contributed by atoms with E-state index in [1.165, 1.54) is 0 Å². The molecule has 1 N–H and O–H groups in total. The maximum atomic E-state index is 12.1. The average Bonchev–Trinajstić information content (AvgIpc) is 2.53. The second kappa shape index (κ2) is 7.18. The number of carbonyl (C=O) groups is 1. The first kappa shape index (κ1) is 14.7. The molecule has 0 saturated carbocycles. The third kappa shape index (κ3) is 4.44. The number of carbonyl (C=O) groups excluding carboxylic acids is 1. The molecule has 4 nitrogen and oxygen atoms in total. The summed E-state index contributed by atoms with van der Waals surface area (Å²) in [5.74, 6) is 1.13. The molecule has 1 amide bonds. The Bertz CT molecular complexity index is 284. The molecule has 98 valence electrons. The van der Waals surface area contributed by atoms with Crippen molar-refractivity contribution in [3.63, 3.8) is 0 Å². The molecule has 0 spiro atoms. The summed E-state index contributed by atoms with van der Waals surface area (Å²) in [6.07, 6.45) is 3.85. The smallest absolute Gasteiger partial charge is 0.251 e. The quantitative estimate of drug-likeness (QED) is 0.695. The van der Waals surface area contributed by atoms with E-state index in [0.29, 0.717) is 5.11 Å². The summed E-state index contributed by atoms with van der Waals surface area (Å²) < 4.78 is 0. The van der Waals surface area contributed by atoms with E-state index in [1.807, 2.05) is 20.4 Å². The summed E-state index contributed by atoms with van der Waals surface area (Å²) in [4.78, 5) is 15.9. The Kier molecular flexibility index (Phi) is 6.22. The van der Waals surface area contributed by atoms with E-state index in [9.17, 15) is 4.79 Å². The lowest BCUT2D eigenvalue weighted by Gasteiger charge is -2.16. The highest BCUT2D eigenvalue weighted by molar-refractivity contribution is 7.98. The SMILES string of the molecule is CSCCC1NC(=S)N(CCCN(C)C)C1=O. The minimum atomic E-state index is -0.102. The molecule has 1 unspecified atom stereocenters. The Labute approximate surface area is 113 Å². The monoisotopic (exact) mass is 275 g/mol. The van der Waals surface area contributed by atoms with Gasteiger partial charge in [0.1, 0.15) is 6.04 Å². The van der Waals surface area contributed by atoms with E-state index in [0.717, 1.165) is 31.7 Å². The lowest BCUT2D eigenvalue weighted by atomic mass is 10.2. The maximum absolute atomic E-state index is 12.1. The lowest BCUT2D eigenvalue weighted by molar-refractivity contribution is -0.127. The van der Waals surface area contributed by atoms with Crippen molar-refractivity contribution in [1.82, 2.24) is 15.1 Å². The Morgan fingerprint density at radius 3 is 2.82 bits per heavy atom. The minimum Gasteiger partial charge on any atom is -0.350 e. The zero-order valence-corrected chi connectivity index (χ0v) is 12.4. The Hall–Kier alpha value is -0.330. The predicted octanol–water partition coefficient (Wildman–Crippen LogP) is 0.776. The summed E-state index contributed by atoms with van der Waals surface area (Å²) in [5, 5.41) is 3.70. The normalized spacial score (nSPS) is 20.2. The predicted molar refractivity (Wildman–Crippen MR) is 77.4 cm³/mol. The van der Waals surface area contributed by atoms with Crippen molar-refractivity contribution in [2.75, 3.05) is 39.2 Å². The van der Waals surface area contributed by atoms with Crippen LogP contribution in [0.2, 0.25) is 0 Å². The molecular weight excluding hydrogens is 254 g/mol. The van der Waals surface area contributed by atoms with Crippen molar-refractivity contribution in [1.29, 1.82) is 0 Å². The molecule has 1 saturated heterocycles. The lowest BCUT2D eigenvalue weighted by Crippen LogP contribution is -2.33. The number of hydrogen-bond donors (Lipinski definition) is 1. The fourth-order valence-electron chi connectivity index (χ4n) is 1.77. The first-order chi connectivity index (χ1) is 8.06. The molecule has 1 rings (SSSR count). The van der Waals surface area contributed by atoms with Crippen molar-refractivity contribution in [3.8, 4) is 0 Å². The molecule has 17 heavy (non-hydrogen) atoms. The number of nitrogens with one attached hydrogen (secondary N) is 1. The molecule has 0 aromatic carbocycles. The third-order valence-corrected chi connectivity index (χ3v) is 3.69. The first-order valence-corrected chi connectivity index (χ1v) is 7.62. The van der Waals surface area contributed by atoms with E-state index >= 15 is 0 Å². The van der Waals surface area contributed by atoms with Crippen LogP contribution in [0.1, 0.15) is 12.8 Å². The van der Waals surface area contributed by atoms with Gasteiger partial charge >= 0.3 is 0 Å². The van der Waals surface area contributed by atoms with Gasteiger partial charge in [0.05, 0.1) is 0 Å². The van der Waals surface area contributed by atoms with Gasteiger partial charge < -0.3 is 10.2 Å². The third-order valence-electron chi connectivity index (χ3n) is 2.70. The van der Waals surface area contributed by atoms with Gasteiger partial charge in [-0.1, -0.05) is 0 Å². The number of nitrogens with zero attached hydrogens (tertiary/aromatic N) is 2. The second-order valence-electron chi connectivity index (χ2n) is 4.43. The van der Waals surface area contributed by atoms with Crippen molar-refractivity contribution in [2.45, 2.75) is 18.9 Å². The number of thioether (sulfide) groups is 1. The molecule has 0 aromatic rings. The van der Waals surface area contributed by atoms with Crippen LogP contribution in [0.3, 0.4) is 0 Å². The van der Waals surface area contributed by atoms with Gasteiger partial charge in [-0.15, -0.1) is 0 Å². The number of hydrogen-bond acceptors (Lipinski definition) is 4. The van der Waals surface area contributed by atoms with Crippen molar-refractivity contribution in [2.24, 2.45) is 0 Å². The zero-order valence-electron chi connectivity index (χ0n) is 10.7. The molecule has 0 aromatic heterocycles. The van der Waals surface area contributed by atoms with Crippen LogP contribution >= 0.6 is 24.0 Å². The summed E-state index contributed by atoms with van der Waals surface area (Å²) >= 11 is 6.95. The standard InChI is InChI=1S/C11H21N3OS2/c1-13(2)6-4-7-14-10(15)9(5-8-17-3)12-11(14)16/h9H,4-8H2,1-3H3,(H,12,16). The van der Waals surface area contributed by atoms with Crippen LogP contribution in [0.15, 0.2) is 0 Å². The van der Waals surface area contributed by atoms with E-state index in [4.69, 9.17) is 12.2 Å². The first-order valence-electron chi connectivity index (χ1n) is 5.81. The molecule has 0 radical (unpaired) electrons. The van der Waals surface area contributed by atoms with Crippen LogP contribution in [0, 0.1) is 0 Å². The number of rotatable bonds is 7. The molecule has 0 aliphatic carbocycles. The second-order valence-corrected chi connectivity index (χ2v) is 5.80. The van der Waals surface area contributed by atoms with Gasteiger partial charge in [0.2, 0.25) is 0 Å². The van der Waals surface area contributed by atoms with Crippen LogP contribution in [-0.4, -0.2) is 66.1 Å². The van der Waals surface area contributed by atoms with Crippen molar-refractivity contribution >= 4 is 35.0 Å². The van der Waals surface area contributed by atoms with Gasteiger partial charge in [-0.25, -0.2) is 0 Å². The topological polar surface area (TPSA) is 35.6 Å². The van der Waals surface area contributed by atoms with Crippen LogP contribution in [0.4, 0.5) is 0 Å². The van der Waals surface area contributed by atoms with Gasteiger partial charge in [0, 0.05) is 6.54 Å². The van der Waals surface area contributed by atoms with Crippen LogP contribution in [-0.2, 0) is 4.79 Å². The fraction of sp³-hybridized carbons (Fsp3) is 0.818. The van der Waals surface area contributed by atoms with Gasteiger partial charge in [-0.3, -0.25) is 9.69 Å². The fourth-order valence-corrected chi connectivity index (χ4v) is 2.56. The van der Waals surface area contributed by atoms with Crippen LogP contribution in [0.5, 0.6) is 0 Å². The average molecular weight is 275 g/mol. The Morgan fingerprint density at radius 1 is 1.53 bits per heavy atom. The van der Waals surface area contributed by atoms with Crippen molar-refractivity contribution < 1.29 is 4.79 Å². The molecule has 6 heteroatoms. The Morgan fingerprint density at radius 2 is 2.24 bits per heavy atom. The maximum Gasteiger partial charge on any atom is 0.251 e. The summed E-state index contributed by atoms with van der Waals surface area (Å²) in [6, 6.07) is -0.102. The number of thiocarbonyl (C=S) groups is 1. The van der Waals surface area contributed by atoms with E-state index in [1.54, 1.807) is 16.7 Å². The van der Waals surface area contributed by atoms with Gasteiger partial charge in [-0.2, -0.15) is 11.8 Å².